The first-order valence-electron chi connectivity index (χ1n) is 9.33. The van der Waals surface area contributed by atoms with Crippen molar-refractivity contribution < 1.29 is 4.79 Å². The normalized spacial score (nSPS) is 11.0. The van der Waals surface area contributed by atoms with Crippen LogP contribution in [0.25, 0.3) is 5.65 Å². The second kappa shape index (κ2) is 9.55. The molecule has 4 aromatic rings. The van der Waals surface area contributed by atoms with Crippen LogP contribution in [0.15, 0.2) is 70.7 Å². The molecule has 1 N–H and O–H groups in total. The van der Waals surface area contributed by atoms with Crippen LogP contribution in [0, 0.1) is 0 Å². The Bertz CT molecular complexity index is 1290. The van der Waals surface area contributed by atoms with Gasteiger partial charge in [-0.3, -0.25) is 4.79 Å². The van der Waals surface area contributed by atoms with Crippen LogP contribution in [0.5, 0.6) is 0 Å². The van der Waals surface area contributed by atoms with E-state index in [0.29, 0.717) is 26.5 Å². The molecule has 2 aromatic carbocycles. The van der Waals surface area contributed by atoms with Gasteiger partial charge < -0.3 is 5.32 Å². The molecule has 10 heteroatoms. The molecule has 0 bridgehead atoms. The molecule has 1 amide bonds. The predicted octanol–water partition coefficient (Wildman–Crippen LogP) is 3.81. The van der Waals surface area contributed by atoms with E-state index in [1.165, 1.54) is 22.4 Å². The molecule has 0 aliphatic rings. The molecule has 0 fully saturated rings. The largest absolute Gasteiger partial charge is 0.350 e. The third-order valence-electron chi connectivity index (χ3n) is 4.49. The average molecular weight is 474 g/mol. The fourth-order valence-electron chi connectivity index (χ4n) is 2.89. The second-order valence-corrected chi connectivity index (χ2v) is 8.46. The molecular weight excluding hydrogens is 457 g/mol. The number of hydrogen-bond acceptors (Lipinski definition) is 5. The molecule has 0 saturated carbocycles. The zero-order valence-electron chi connectivity index (χ0n) is 16.2. The summed E-state index contributed by atoms with van der Waals surface area (Å²) in [6, 6.07) is 14.8. The number of halogens is 2. The van der Waals surface area contributed by atoms with E-state index in [1.807, 2.05) is 42.5 Å². The third-order valence-corrected chi connectivity index (χ3v) is 6.15. The molecule has 31 heavy (non-hydrogen) atoms. The number of aromatic nitrogens is 4. The van der Waals surface area contributed by atoms with Crippen LogP contribution >= 0.6 is 35.0 Å². The van der Waals surface area contributed by atoms with Gasteiger partial charge in [-0.05, 0) is 29.3 Å². The molecule has 4 rings (SSSR count). The van der Waals surface area contributed by atoms with Gasteiger partial charge in [0.25, 0.3) is 0 Å². The van der Waals surface area contributed by atoms with Gasteiger partial charge in [0.05, 0.1) is 0 Å². The lowest BCUT2D eigenvalue weighted by Gasteiger charge is -2.06. The average Bonchev–Trinajstić information content (AvgIpc) is 3.09. The molecule has 0 atom stereocenters. The highest BCUT2D eigenvalue weighted by Crippen LogP contribution is 2.24. The molecule has 2 aromatic heterocycles. The fourth-order valence-corrected chi connectivity index (χ4v) is 4.12. The van der Waals surface area contributed by atoms with Crippen LogP contribution in [0.1, 0.15) is 11.1 Å². The van der Waals surface area contributed by atoms with E-state index in [0.717, 1.165) is 15.8 Å². The fraction of sp³-hybridized carbons (Fsp3) is 0.143. The van der Waals surface area contributed by atoms with Crippen molar-refractivity contribution in [3.05, 3.63) is 92.6 Å². The van der Waals surface area contributed by atoms with E-state index in [-0.39, 0.29) is 19.0 Å². The first-order chi connectivity index (χ1) is 15.0. The number of benzene rings is 2. The number of amides is 1. The van der Waals surface area contributed by atoms with E-state index in [2.05, 4.69) is 15.4 Å². The summed E-state index contributed by atoms with van der Waals surface area (Å²) in [5.41, 5.74) is 1.87. The number of carbonyl (C=O) groups is 1. The van der Waals surface area contributed by atoms with Crippen molar-refractivity contribution in [1.82, 2.24) is 24.5 Å². The van der Waals surface area contributed by atoms with Gasteiger partial charge in [0.1, 0.15) is 11.6 Å². The monoisotopic (exact) mass is 473 g/mol. The molecule has 7 nitrogen and oxygen atoms in total. The Balaban J connectivity index is 1.47. The first kappa shape index (κ1) is 21.4. The van der Waals surface area contributed by atoms with Crippen LogP contribution in [-0.2, 0) is 23.6 Å². The van der Waals surface area contributed by atoms with Gasteiger partial charge in [0.15, 0.2) is 5.65 Å². The van der Waals surface area contributed by atoms with Crippen LogP contribution in [0.4, 0.5) is 0 Å². The summed E-state index contributed by atoms with van der Waals surface area (Å²) in [5, 5.41) is 8.93. The number of nitrogens with zero attached hydrogens (tertiary/aromatic N) is 4. The van der Waals surface area contributed by atoms with E-state index >= 15 is 0 Å². The van der Waals surface area contributed by atoms with Crippen molar-refractivity contribution in [3.8, 4) is 0 Å². The van der Waals surface area contributed by atoms with E-state index in [1.54, 1.807) is 12.3 Å². The van der Waals surface area contributed by atoms with E-state index in [4.69, 9.17) is 23.2 Å². The maximum atomic E-state index is 12.7. The van der Waals surface area contributed by atoms with Crippen molar-refractivity contribution >= 4 is 46.5 Å². The SMILES string of the molecule is O=C(Cn1nc2c(SCc3ccc(Cl)cc3)nccn2c1=O)NCc1ccccc1Cl. The van der Waals surface area contributed by atoms with Gasteiger partial charge >= 0.3 is 5.69 Å². The van der Waals surface area contributed by atoms with Crippen LogP contribution < -0.4 is 11.0 Å². The number of thioether (sulfide) groups is 1. The highest BCUT2D eigenvalue weighted by atomic mass is 35.5. The quantitative estimate of drug-likeness (QED) is 0.412. The molecule has 0 unspecified atom stereocenters. The first-order valence-corrected chi connectivity index (χ1v) is 11.1. The molecule has 0 aliphatic carbocycles. The Morgan fingerprint density at radius 3 is 2.65 bits per heavy atom. The minimum atomic E-state index is -0.404. The molecule has 0 aliphatic heterocycles. The van der Waals surface area contributed by atoms with Gasteiger partial charge in [0, 0.05) is 34.7 Å². The molecule has 2 heterocycles. The maximum Gasteiger partial charge on any atom is 0.350 e. The molecule has 0 spiro atoms. The molecule has 158 valence electrons. The third kappa shape index (κ3) is 5.10. The summed E-state index contributed by atoms with van der Waals surface area (Å²) in [5.74, 6) is 0.303. The summed E-state index contributed by atoms with van der Waals surface area (Å²) < 4.78 is 2.52. The lowest BCUT2D eigenvalue weighted by atomic mass is 10.2. The topological polar surface area (TPSA) is 81.3 Å². The molecule has 0 radical (unpaired) electrons. The van der Waals surface area contributed by atoms with Crippen LogP contribution in [0.3, 0.4) is 0 Å². The highest BCUT2D eigenvalue weighted by molar-refractivity contribution is 7.98. The summed E-state index contributed by atoms with van der Waals surface area (Å²) >= 11 is 13.5. The number of nitrogens with one attached hydrogen (secondary N) is 1. The van der Waals surface area contributed by atoms with E-state index in [9.17, 15) is 9.59 Å². The zero-order chi connectivity index (χ0) is 21.8. The van der Waals surface area contributed by atoms with Gasteiger partial charge in [0.2, 0.25) is 5.91 Å². The van der Waals surface area contributed by atoms with Crippen molar-refractivity contribution in [2.45, 2.75) is 23.9 Å². The van der Waals surface area contributed by atoms with Crippen molar-refractivity contribution in [2.75, 3.05) is 0 Å². The lowest BCUT2D eigenvalue weighted by molar-refractivity contribution is -0.122. The number of carbonyl (C=O) groups excluding carboxylic acids is 1. The second-order valence-electron chi connectivity index (χ2n) is 6.65. The standard InChI is InChI=1S/C21H17Cl2N5O2S/c22-16-7-5-14(6-8-16)13-31-20-19-26-28(21(30)27(19)10-9-24-20)12-18(29)25-11-15-3-1-2-4-17(15)23/h1-10H,11-13H2,(H,25,29). The van der Waals surface area contributed by atoms with Crippen molar-refractivity contribution in [1.29, 1.82) is 0 Å². The Morgan fingerprint density at radius 1 is 1.10 bits per heavy atom. The smallest absolute Gasteiger partial charge is 0.350 e. The van der Waals surface area contributed by atoms with Gasteiger partial charge in [-0.1, -0.05) is 65.3 Å². The van der Waals surface area contributed by atoms with Crippen LogP contribution in [0.2, 0.25) is 10.0 Å². The minimum absolute atomic E-state index is 0.202. The van der Waals surface area contributed by atoms with Gasteiger partial charge in [-0.25, -0.2) is 18.9 Å². The van der Waals surface area contributed by atoms with Gasteiger partial charge in [-0.2, -0.15) is 0 Å². The van der Waals surface area contributed by atoms with Crippen molar-refractivity contribution in [2.24, 2.45) is 0 Å². The summed E-state index contributed by atoms with van der Waals surface area (Å²) in [6.45, 7) is 0.0661. The minimum Gasteiger partial charge on any atom is -0.350 e. The number of rotatable bonds is 7. The van der Waals surface area contributed by atoms with Gasteiger partial charge in [-0.15, -0.1) is 5.10 Å². The predicted molar refractivity (Wildman–Crippen MR) is 122 cm³/mol. The maximum absolute atomic E-state index is 12.7. The molecular formula is C21H17Cl2N5O2S. The zero-order valence-corrected chi connectivity index (χ0v) is 18.5. The highest BCUT2D eigenvalue weighted by Gasteiger charge is 2.15. The number of hydrogen-bond donors (Lipinski definition) is 1. The van der Waals surface area contributed by atoms with E-state index < -0.39 is 5.69 Å². The Morgan fingerprint density at radius 2 is 1.87 bits per heavy atom. The Labute approximate surface area is 192 Å². The van der Waals surface area contributed by atoms with Crippen LogP contribution in [-0.4, -0.2) is 25.1 Å². The summed E-state index contributed by atoms with van der Waals surface area (Å²) in [7, 11) is 0. The van der Waals surface area contributed by atoms with Crippen molar-refractivity contribution in [3.63, 3.8) is 0 Å². The molecule has 0 saturated heterocycles. The Hall–Kier alpha value is -2.81. The summed E-state index contributed by atoms with van der Waals surface area (Å²) in [6.07, 6.45) is 3.08. The summed E-state index contributed by atoms with van der Waals surface area (Å²) in [4.78, 5) is 29.4. The Kier molecular flexibility index (Phi) is 6.60. The number of fused-ring (bicyclic) bond motifs is 1. The lowest BCUT2D eigenvalue weighted by Crippen LogP contribution is -2.32.